The van der Waals surface area contributed by atoms with Gasteiger partial charge < -0.3 is 9.84 Å². The summed E-state index contributed by atoms with van der Waals surface area (Å²) >= 11 is 9.47. The maximum atomic E-state index is 12.4. The number of carbonyl (C=O) groups excluding carboxylic acids is 1. The number of nitrogens with zero attached hydrogens (tertiary/aromatic N) is 3. The first-order valence-corrected chi connectivity index (χ1v) is 8.37. The zero-order chi connectivity index (χ0) is 17.9. The Balaban J connectivity index is 2.43. The molecule has 0 saturated carbocycles. The van der Waals surface area contributed by atoms with Crippen molar-refractivity contribution in [1.29, 1.82) is 5.26 Å². The van der Waals surface area contributed by atoms with Crippen molar-refractivity contribution in [2.75, 3.05) is 13.2 Å². The predicted octanol–water partition coefficient (Wildman–Crippen LogP) is 3.72. The van der Waals surface area contributed by atoms with Crippen LogP contribution in [0.2, 0.25) is 5.02 Å². The Morgan fingerprint density at radius 3 is 2.92 bits per heavy atom. The molecular weight excluding hydrogens is 398 g/mol. The van der Waals surface area contributed by atoms with Crippen LogP contribution in [0, 0.1) is 11.3 Å². The Kier molecular flexibility index (Phi) is 5.86. The molecule has 0 unspecified atom stereocenters. The van der Waals surface area contributed by atoms with Gasteiger partial charge in [-0.25, -0.2) is 5.01 Å². The number of benzene rings is 1. The summed E-state index contributed by atoms with van der Waals surface area (Å²) < 4.78 is 5.67. The molecule has 24 heavy (non-hydrogen) atoms. The second-order valence-corrected chi connectivity index (χ2v) is 6.12. The molecule has 1 aromatic rings. The second kappa shape index (κ2) is 7.69. The highest BCUT2D eigenvalue weighted by Gasteiger charge is 2.27. The van der Waals surface area contributed by atoms with Crippen LogP contribution in [0.3, 0.4) is 0 Å². The van der Waals surface area contributed by atoms with Gasteiger partial charge in [-0.05, 0) is 47.5 Å². The summed E-state index contributed by atoms with van der Waals surface area (Å²) in [5.41, 5.74) is 1.44. The first-order chi connectivity index (χ1) is 11.4. The van der Waals surface area contributed by atoms with E-state index in [0.29, 0.717) is 27.9 Å². The minimum absolute atomic E-state index is 0.0946. The number of nitriles is 1. The first-order valence-electron chi connectivity index (χ1n) is 7.20. The highest BCUT2D eigenvalue weighted by Crippen LogP contribution is 2.42. The third kappa shape index (κ3) is 3.55. The number of halogens is 2. The fraction of sp³-hybridized carbons (Fsp3) is 0.312. The van der Waals surface area contributed by atoms with E-state index >= 15 is 0 Å². The predicted molar refractivity (Wildman–Crippen MR) is 95.0 cm³/mol. The lowest BCUT2D eigenvalue weighted by atomic mass is 10.1. The fourth-order valence-electron chi connectivity index (χ4n) is 2.19. The quantitative estimate of drug-likeness (QED) is 0.747. The van der Waals surface area contributed by atoms with Gasteiger partial charge in [0.25, 0.3) is 5.91 Å². The Morgan fingerprint density at radius 1 is 1.58 bits per heavy atom. The Bertz CT molecular complexity index is 784. The van der Waals surface area contributed by atoms with Crippen LogP contribution < -0.4 is 4.74 Å². The minimum atomic E-state index is -0.291. The lowest BCUT2D eigenvalue weighted by Gasteiger charge is -2.12. The van der Waals surface area contributed by atoms with Crippen molar-refractivity contribution in [3.63, 3.8) is 0 Å². The third-order valence-electron chi connectivity index (χ3n) is 3.33. The SMILES string of the molecule is CCOc1cc(C=C2C(=O)N(CCC#N)N=C2C)c(Cl)c(Br)c1O. The molecule has 1 amide bonds. The van der Waals surface area contributed by atoms with E-state index in [4.69, 9.17) is 21.6 Å². The molecule has 0 spiro atoms. The van der Waals surface area contributed by atoms with Crippen molar-refractivity contribution >= 4 is 45.2 Å². The van der Waals surface area contributed by atoms with E-state index in [2.05, 4.69) is 21.0 Å². The van der Waals surface area contributed by atoms with Gasteiger partial charge in [-0.2, -0.15) is 10.4 Å². The van der Waals surface area contributed by atoms with Gasteiger partial charge in [0.05, 0.1) is 46.4 Å². The molecule has 1 aromatic carbocycles. The van der Waals surface area contributed by atoms with Crippen LogP contribution in [-0.4, -0.2) is 34.9 Å². The number of amides is 1. The lowest BCUT2D eigenvalue weighted by Crippen LogP contribution is -2.23. The van der Waals surface area contributed by atoms with Crippen LogP contribution in [-0.2, 0) is 4.79 Å². The third-order valence-corrected chi connectivity index (χ3v) is 4.74. The summed E-state index contributed by atoms with van der Waals surface area (Å²) in [4.78, 5) is 12.4. The molecule has 0 atom stereocenters. The van der Waals surface area contributed by atoms with Gasteiger partial charge in [-0.15, -0.1) is 0 Å². The fourth-order valence-corrected chi connectivity index (χ4v) is 2.81. The van der Waals surface area contributed by atoms with E-state index in [1.165, 1.54) is 5.01 Å². The van der Waals surface area contributed by atoms with Crippen molar-refractivity contribution in [2.45, 2.75) is 20.3 Å². The van der Waals surface area contributed by atoms with E-state index in [9.17, 15) is 9.90 Å². The Labute approximate surface area is 153 Å². The van der Waals surface area contributed by atoms with Gasteiger partial charge >= 0.3 is 0 Å². The summed E-state index contributed by atoms with van der Waals surface area (Å²) in [5.74, 6) is -0.120. The number of ether oxygens (including phenoxy) is 1. The molecule has 0 bridgehead atoms. The molecule has 126 valence electrons. The van der Waals surface area contributed by atoms with Gasteiger partial charge in [-0.1, -0.05) is 11.6 Å². The van der Waals surface area contributed by atoms with Crippen molar-refractivity contribution in [2.24, 2.45) is 5.10 Å². The number of hydrogen-bond acceptors (Lipinski definition) is 5. The summed E-state index contributed by atoms with van der Waals surface area (Å²) in [6.07, 6.45) is 1.80. The van der Waals surface area contributed by atoms with Gasteiger partial charge in [0.15, 0.2) is 11.5 Å². The normalized spacial score (nSPS) is 15.6. The van der Waals surface area contributed by atoms with Gasteiger partial charge in [0, 0.05) is 0 Å². The van der Waals surface area contributed by atoms with Crippen LogP contribution in [0.25, 0.3) is 6.08 Å². The maximum Gasteiger partial charge on any atom is 0.275 e. The Morgan fingerprint density at radius 2 is 2.29 bits per heavy atom. The number of hydrazone groups is 1. The number of carbonyl (C=O) groups is 1. The molecule has 1 aliphatic rings. The largest absolute Gasteiger partial charge is 0.503 e. The van der Waals surface area contributed by atoms with Crippen LogP contribution in [0.1, 0.15) is 25.8 Å². The minimum Gasteiger partial charge on any atom is -0.503 e. The van der Waals surface area contributed by atoms with E-state index in [-0.39, 0.29) is 35.4 Å². The number of phenols is 1. The molecule has 0 fully saturated rings. The molecule has 1 heterocycles. The average Bonchev–Trinajstić information content (AvgIpc) is 2.82. The zero-order valence-electron chi connectivity index (χ0n) is 13.1. The molecule has 1 N–H and O–H groups in total. The zero-order valence-corrected chi connectivity index (χ0v) is 15.5. The molecular formula is C16H15BrClN3O3. The van der Waals surface area contributed by atoms with E-state index in [1.54, 1.807) is 26.0 Å². The average molecular weight is 413 g/mol. The van der Waals surface area contributed by atoms with Gasteiger partial charge in [0.1, 0.15) is 0 Å². The molecule has 0 radical (unpaired) electrons. The summed E-state index contributed by atoms with van der Waals surface area (Å²) in [5, 5.41) is 24.4. The number of hydrogen-bond donors (Lipinski definition) is 1. The van der Waals surface area contributed by atoms with Crippen molar-refractivity contribution in [3.8, 4) is 17.6 Å². The van der Waals surface area contributed by atoms with Crippen LogP contribution in [0.4, 0.5) is 0 Å². The van der Waals surface area contributed by atoms with Crippen molar-refractivity contribution in [1.82, 2.24) is 5.01 Å². The van der Waals surface area contributed by atoms with E-state index < -0.39 is 0 Å². The van der Waals surface area contributed by atoms with Crippen molar-refractivity contribution in [3.05, 3.63) is 26.7 Å². The van der Waals surface area contributed by atoms with Crippen molar-refractivity contribution < 1.29 is 14.6 Å². The topological polar surface area (TPSA) is 85.9 Å². The highest BCUT2D eigenvalue weighted by atomic mass is 79.9. The van der Waals surface area contributed by atoms with Gasteiger partial charge in [-0.3, -0.25) is 4.79 Å². The number of phenolic OH excluding ortho intramolecular Hbond substituents is 1. The van der Waals surface area contributed by atoms with Crippen LogP contribution >= 0.6 is 27.5 Å². The second-order valence-electron chi connectivity index (χ2n) is 4.95. The molecule has 0 aliphatic carbocycles. The van der Waals surface area contributed by atoms with E-state index in [1.807, 2.05) is 6.07 Å². The molecule has 0 saturated heterocycles. The lowest BCUT2D eigenvalue weighted by molar-refractivity contribution is -0.125. The molecule has 6 nitrogen and oxygen atoms in total. The first kappa shape index (κ1) is 18.3. The molecule has 1 aliphatic heterocycles. The smallest absolute Gasteiger partial charge is 0.275 e. The highest BCUT2D eigenvalue weighted by molar-refractivity contribution is 9.10. The van der Waals surface area contributed by atoms with Crippen LogP contribution in [0.15, 0.2) is 21.2 Å². The summed E-state index contributed by atoms with van der Waals surface area (Å²) in [7, 11) is 0. The van der Waals surface area contributed by atoms with E-state index in [0.717, 1.165) is 0 Å². The summed E-state index contributed by atoms with van der Waals surface area (Å²) in [6.45, 7) is 4.12. The monoisotopic (exact) mass is 411 g/mol. The maximum absolute atomic E-state index is 12.4. The standard InChI is InChI=1S/C16H15BrClN3O3/c1-3-24-12-8-10(14(18)13(17)15(12)22)7-11-9(2)20-21(16(11)23)6-4-5-19/h7-8,22H,3-4,6H2,1-2H3. The number of rotatable bonds is 5. The number of aromatic hydroxyl groups is 1. The van der Waals surface area contributed by atoms with Crippen LogP contribution in [0.5, 0.6) is 11.5 Å². The van der Waals surface area contributed by atoms with Gasteiger partial charge in [0.2, 0.25) is 0 Å². The molecule has 0 aromatic heterocycles. The molecule has 2 rings (SSSR count). The summed E-state index contributed by atoms with van der Waals surface area (Å²) in [6, 6.07) is 3.55. The Hall–Kier alpha value is -2.04. The molecule has 8 heteroatoms.